The summed E-state index contributed by atoms with van der Waals surface area (Å²) in [6.45, 7) is 3.90. The van der Waals surface area contributed by atoms with E-state index >= 15 is 0 Å². The molecule has 118 valence electrons. The van der Waals surface area contributed by atoms with Crippen LogP contribution >= 0.6 is 0 Å². The molecule has 1 spiro atoms. The molecule has 0 radical (unpaired) electrons. The molecule has 1 fully saturated rings. The van der Waals surface area contributed by atoms with Gasteiger partial charge in [-0.15, -0.1) is 0 Å². The molecule has 3 nitrogen and oxygen atoms in total. The molecule has 1 aromatic carbocycles. The highest BCUT2D eigenvalue weighted by Gasteiger charge is 2.42. The van der Waals surface area contributed by atoms with Crippen LogP contribution in [0, 0.1) is 5.92 Å². The largest absolute Gasteiger partial charge is 0.368 e. The van der Waals surface area contributed by atoms with Crippen LogP contribution in [0.1, 0.15) is 49.4 Å². The lowest BCUT2D eigenvalue weighted by Gasteiger charge is -2.42. The Labute approximate surface area is 132 Å². The zero-order valence-electron chi connectivity index (χ0n) is 13.5. The molecule has 2 heterocycles. The summed E-state index contributed by atoms with van der Waals surface area (Å²) in [6, 6.07) is 6.71. The van der Waals surface area contributed by atoms with E-state index in [9.17, 15) is 0 Å². The van der Waals surface area contributed by atoms with Gasteiger partial charge < -0.3 is 15.5 Å². The fourth-order valence-corrected chi connectivity index (χ4v) is 4.47. The van der Waals surface area contributed by atoms with Gasteiger partial charge in [0.05, 0.1) is 12.3 Å². The van der Waals surface area contributed by atoms with Crippen LogP contribution in [0.15, 0.2) is 18.2 Å². The van der Waals surface area contributed by atoms with Gasteiger partial charge in [0, 0.05) is 10.9 Å². The minimum Gasteiger partial charge on any atom is -0.368 e. The van der Waals surface area contributed by atoms with Gasteiger partial charge in [0.1, 0.15) is 5.60 Å². The molecule has 3 heteroatoms. The van der Waals surface area contributed by atoms with Crippen LogP contribution in [0.4, 0.5) is 0 Å². The van der Waals surface area contributed by atoms with E-state index in [0.717, 1.165) is 38.8 Å². The number of hydrogen-bond acceptors (Lipinski definition) is 2. The smallest absolute Gasteiger partial charge is 0.108 e. The topological polar surface area (TPSA) is 51.0 Å². The lowest BCUT2D eigenvalue weighted by Crippen LogP contribution is -2.40. The Bertz CT molecular complexity index is 680. The van der Waals surface area contributed by atoms with Gasteiger partial charge in [-0.1, -0.05) is 25.1 Å². The number of aryl methyl sites for hydroxylation is 1. The number of ether oxygens (including phenoxy) is 1. The number of aromatic nitrogens is 1. The van der Waals surface area contributed by atoms with Gasteiger partial charge in [0.2, 0.25) is 0 Å². The summed E-state index contributed by atoms with van der Waals surface area (Å²) in [5.41, 5.74) is 11.4. The Balaban J connectivity index is 1.81. The fourth-order valence-electron chi connectivity index (χ4n) is 4.47. The standard InChI is InChI=1S/C19H26N2O/c1-2-14-4-3-5-15-16-8-11-22-19(18(16)21-17(14)15)9-6-13(12-20)7-10-19/h3-5,13,21H,2,6-12,20H2,1H3. The molecule has 1 aliphatic carbocycles. The third-order valence-corrected chi connectivity index (χ3v) is 5.84. The predicted molar refractivity (Wildman–Crippen MR) is 90.0 cm³/mol. The maximum absolute atomic E-state index is 6.36. The summed E-state index contributed by atoms with van der Waals surface area (Å²) in [5.74, 6) is 0.676. The number of rotatable bonds is 2. The summed E-state index contributed by atoms with van der Waals surface area (Å²) >= 11 is 0. The maximum atomic E-state index is 6.36. The minimum absolute atomic E-state index is 0.0801. The van der Waals surface area contributed by atoms with Gasteiger partial charge in [0.15, 0.2) is 0 Å². The van der Waals surface area contributed by atoms with E-state index in [1.54, 1.807) is 0 Å². The first-order valence-electron chi connectivity index (χ1n) is 8.74. The number of nitrogens with two attached hydrogens (primary N) is 1. The lowest BCUT2D eigenvalue weighted by atomic mass is 9.75. The molecule has 1 saturated carbocycles. The van der Waals surface area contributed by atoms with Gasteiger partial charge in [-0.2, -0.15) is 0 Å². The highest BCUT2D eigenvalue weighted by atomic mass is 16.5. The molecule has 1 aliphatic heterocycles. The highest BCUT2D eigenvalue weighted by Crippen LogP contribution is 2.47. The van der Waals surface area contributed by atoms with Crippen molar-refractivity contribution in [2.24, 2.45) is 11.7 Å². The third-order valence-electron chi connectivity index (χ3n) is 5.84. The quantitative estimate of drug-likeness (QED) is 0.889. The van der Waals surface area contributed by atoms with Crippen molar-refractivity contribution in [3.05, 3.63) is 35.0 Å². The monoisotopic (exact) mass is 298 g/mol. The molecule has 0 amide bonds. The first-order valence-corrected chi connectivity index (χ1v) is 8.74. The van der Waals surface area contributed by atoms with Crippen LogP contribution in [0.5, 0.6) is 0 Å². The zero-order valence-corrected chi connectivity index (χ0v) is 13.5. The second-order valence-electron chi connectivity index (χ2n) is 6.94. The summed E-state index contributed by atoms with van der Waals surface area (Å²) in [5, 5.41) is 1.41. The number of benzene rings is 1. The number of nitrogens with one attached hydrogen (secondary N) is 1. The summed E-state index contributed by atoms with van der Waals surface area (Å²) < 4.78 is 6.36. The normalized spacial score (nSPS) is 28.2. The van der Waals surface area contributed by atoms with E-state index in [1.165, 1.54) is 40.6 Å². The Hall–Kier alpha value is -1.32. The van der Waals surface area contributed by atoms with E-state index in [4.69, 9.17) is 10.5 Å². The van der Waals surface area contributed by atoms with Crippen LogP contribution in [0.25, 0.3) is 10.9 Å². The van der Waals surface area contributed by atoms with Crippen LogP contribution in [-0.4, -0.2) is 18.1 Å². The molecule has 1 aromatic heterocycles. The first-order chi connectivity index (χ1) is 10.8. The number of H-pyrrole nitrogens is 1. The Morgan fingerprint density at radius 1 is 1.32 bits per heavy atom. The van der Waals surface area contributed by atoms with Crippen LogP contribution < -0.4 is 5.73 Å². The van der Waals surface area contributed by atoms with Gasteiger partial charge >= 0.3 is 0 Å². The maximum Gasteiger partial charge on any atom is 0.108 e. The van der Waals surface area contributed by atoms with E-state index in [1.807, 2.05) is 0 Å². The SMILES string of the molecule is CCc1cccc2c3c([nH]c12)C1(CCC(CN)CC1)OCC3. The third kappa shape index (κ3) is 2.03. The lowest BCUT2D eigenvalue weighted by molar-refractivity contribution is -0.0942. The van der Waals surface area contributed by atoms with Crippen molar-refractivity contribution in [1.82, 2.24) is 4.98 Å². The molecule has 0 saturated heterocycles. The molecule has 2 aliphatic rings. The zero-order chi connectivity index (χ0) is 15.2. The van der Waals surface area contributed by atoms with Crippen molar-refractivity contribution in [1.29, 1.82) is 0 Å². The molecule has 3 N–H and O–H groups in total. The average Bonchev–Trinajstić information content (AvgIpc) is 2.96. The van der Waals surface area contributed by atoms with E-state index < -0.39 is 0 Å². The number of fused-ring (bicyclic) bond motifs is 4. The molecule has 0 bridgehead atoms. The molecular formula is C19H26N2O. The van der Waals surface area contributed by atoms with E-state index in [2.05, 4.69) is 30.1 Å². The van der Waals surface area contributed by atoms with Crippen molar-refractivity contribution in [2.45, 2.75) is 51.0 Å². The van der Waals surface area contributed by atoms with Crippen molar-refractivity contribution in [2.75, 3.05) is 13.2 Å². The molecule has 22 heavy (non-hydrogen) atoms. The first kappa shape index (κ1) is 14.3. The number of aromatic amines is 1. The highest BCUT2D eigenvalue weighted by molar-refractivity contribution is 5.88. The van der Waals surface area contributed by atoms with Gasteiger partial charge in [-0.25, -0.2) is 0 Å². The molecular weight excluding hydrogens is 272 g/mol. The Morgan fingerprint density at radius 3 is 2.86 bits per heavy atom. The van der Waals surface area contributed by atoms with Gasteiger partial charge in [-0.3, -0.25) is 0 Å². The van der Waals surface area contributed by atoms with Crippen LogP contribution in [0.3, 0.4) is 0 Å². The fraction of sp³-hybridized carbons (Fsp3) is 0.579. The Kier molecular flexibility index (Phi) is 3.50. The molecule has 0 unspecified atom stereocenters. The second-order valence-corrected chi connectivity index (χ2v) is 6.94. The predicted octanol–water partition coefficient (Wildman–Crippen LogP) is 3.65. The molecule has 4 rings (SSSR count). The van der Waals surface area contributed by atoms with Crippen molar-refractivity contribution >= 4 is 10.9 Å². The van der Waals surface area contributed by atoms with Crippen molar-refractivity contribution in [3.8, 4) is 0 Å². The second kappa shape index (κ2) is 5.39. The van der Waals surface area contributed by atoms with E-state index in [0.29, 0.717) is 5.92 Å². The van der Waals surface area contributed by atoms with Crippen LogP contribution in [-0.2, 0) is 23.2 Å². The van der Waals surface area contributed by atoms with Crippen molar-refractivity contribution in [3.63, 3.8) is 0 Å². The van der Waals surface area contributed by atoms with Crippen LogP contribution in [0.2, 0.25) is 0 Å². The summed E-state index contributed by atoms with van der Waals surface area (Å²) in [7, 11) is 0. The minimum atomic E-state index is -0.0801. The Morgan fingerprint density at radius 2 is 2.14 bits per heavy atom. The summed E-state index contributed by atoms with van der Waals surface area (Å²) in [4.78, 5) is 3.77. The average molecular weight is 298 g/mol. The summed E-state index contributed by atoms with van der Waals surface area (Å²) in [6.07, 6.45) is 6.69. The van der Waals surface area contributed by atoms with Crippen molar-refractivity contribution < 1.29 is 4.74 Å². The van der Waals surface area contributed by atoms with Gasteiger partial charge in [0.25, 0.3) is 0 Å². The number of para-hydroxylation sites is 1. The molecule has 0 atom stereocenters. The van der Waals surface area contributed by atoms with E-state index in [-0.39, 0.29) is 5.60 Å². The molecule has 2 aromatic rings. The van der Waals surface area contributed by atoms with Gasteiger partial charge in [-0.05, 0) is 62.1 Å². The number of hydrogen-bond donors (Lipinski definition) is 2.